The second kappa shape index (κ2) is 8.49. The van der Waals surface area contributed by atoms with Crippen molar-refractivity contribution in [2.45, 2.75) is 11.8 Å². The van der Waals surface area contributed by atoms with Gasteiger partial charge in [0.25, 0.3) is 11.8 Å². The highest BCUT2D eigenvalue weighted by Gasteiger charge is 2.53. The van der Waals surface area contributed by atoms with Crippen molar-refractivity contribution in [3.05, 3.63) is 71.4 Å². The summed E-state index contributed by atoms with van der Waals surface area (Å²) in [6, 6.07) is 16.8. The fourth-order valence-electron chi connectivity index (χ4n) is 4.53. The lowest BCUT2D eigenvalue weighted by atomic mass is 9.98. The van der Waals surface area contributed by atoms with Crippen LogP contribution in [0.4, 0.5) is 19.5 Å². The number of anilines is 1. The van der Waals surface area contributed by atoms with Gasteiger partial charge in [-0.2, -0.15) is 0 Å². The van der Waals surface area contributed by atoms with Crippen LogP contribution in [0.25, 0.3) is 11.1 Å². The molecule has 0 saturated carbocycles. The number of ether oxygens (including phenoxy) is 1. The van der Waals surface area contributed by atoms with Gasteiger partial charge in [0, 0.05) is 18.5 Å². The molecule has 0 bridgehead atoms. The van der Waals surface area contributed by atoms with Crippen molar-refractivity contribution in [2.75, 3.05) is 25.0 Å². The first-order valence-electron chi connectivity index (χ1n) is 10.7. The first-order chi connectivity index (χ1) is 16.7. The van der Waals surface area contributed by atoms with Gasteiger partial charge in [-0.3, -0.25) is 14.9 Å². The summed E-state index contributed by atoms with van der Waals surface area (Å²) >= 11 is 0. The molecule has 2 N–H and O–H groups in total. The van der Waals surface area contributed by atoms with Gasteiger partial charge >= 0.3 is 12.1 Å². The zero-order valence-corrected chi connectivity index (χ0v) is 18.1. The molecule has 0 spiro atoms. The van der Waals surface area contributed by atoms with Crippen LogP contribution < -0.4 is 5.32 Å². The van der Waals surface area contributed by atoms with E-state index < -0.39 is 42.9 Å². The van der Waals surface area contributed by atoms with Gasteiger partial charge in [0.2, 0.25) is 5.88 Å². The fourth-order valence-corrected chi connectivity index (χ4v) is 4.53. The molecule has 5 rings (SSSR count). The monoisotopic (exact) mass is 483 g/mol. The zero-order chi connectivity index (χ0) is 24.7. The van der Waals surface area contributed by atoms with E-state index in [1.54, 1.807) is 0 Å². The number of carboxylic acid groups (broad SMARTS) is 1. The number of nitrogens with one attached hydrogen (secondary N) is 1. The van der Waals surface area contributed by atoms with E-state index in [-0.39, 0.29) is 24.1 Å². The van der Waals surface area contributed by atoms with Gasteiger partial charge in [-0.15, -0.1) is 0 Å². The number of aromatic nitrogens is 1. The molecule has 3 aromatic rings. The van der Waals surface area contributed by atoms with E-state index in [0.29, 0.717) is 4.90 Å². The second-order valence-corrected chi connectivity index (χ2v) is 8.36. The van der Waals surface area contributed by atoms with Crippen LogP contribution in [0.1, 0.15) is 27.5 Å². The summed E-state index contributed by atoms with van der Waals surface area (Å²) in [6.07, 6.45) is -0.847. The number of fused-ring (bicyclic) bond motifs is 3. The van der Waals surface area contributed by atoms with Crippen LogP contribution in [-0.2, 0) is 9.53 Å². The number of amides is 2. The minimum Gasteiger partial charge on any atom is -0.481 e. The average Bonchev–Trinajstić information content (AvgIpc) is 3.51. The van der Waals surface area contributed by atoms with Crippen LogP contribution >= 0.6 is 0 Å². The Bertz CT molecular complexity index is 1280. The summed E-state index contributed by atoms with van der Waals surface area (Å²) in [4.78, 5) is 36.5. The van der Waals surface area contributed by atoms with Crippen molar-refractivity contribution in [1.82, 2.24) is 10.1 Å². The zero-order valence-electron chi connectivity index (χ0n) is 18.1. The van der Waals surface area contributed by atoms with E-state index in [9.17, 15) is 23.2 Å². The highest BCUT2D eigenvalue weighted by Crippen LogP contribution is 2.44. The van der Waals surface area contributed by atoms with Crippen molar-refractivity contribution in [3.63, 3.8) is 0 Å². The Labute approximate surface area is 197 Å². The number of likely N-dealkylation sites (tertiary alicyclic amines) is 1. The molecular weight excluding hydrogens is 464 g/mol. The SMILES string of the molecule is O=C(Nc1cc(C(=O)N2CC(C(=O)O)C(F)(F)C2)no1)OCC1c2ccccc2-c2ccccc21. The van der Waals surface area contributed by atoms with Crippen molar-refractivity contribution in [2.24, 2.45) is 5.92 Å². The van der Waals surface area contributed by atoms with E-state index in [1.807, 2.05) is 48.5 Å². The number of alkyl halides is 2. The van der Waals surface area contributed by atoms with Crippen molar-refractivity contribution < 1.29 is 37.5 Å². The first kappa shape index (κ1) is 22.5. The van der Waals surface area contributed by atoms with Crippen molar-refractivity contribution >= 4 is 23.9 Å². The Kier molecular flexibility index (Phi) is 5.46. The van der Waals surface area contributed by atoms with Crippen LogP contribution in [0.5, 0.6) is 0 Å². The van der Waals surface area contributed by atoms with Crippen molar-refractivity contribution in [1.29, 1.82) is 0 Å². The molecule has 35 heavy (non-hydrogen) atoms. The maximum absolute atomic E-state index is 13.9. The quantitative estimate of drug-likeness (QED) is 0.566. The van der Waals surface area contributed by atoms with Crippen LogP contribution in [0, 0.1) is 5.92 Å². The lowest BCUT2D eigenvalue weighted by Crippen LogP contribution is -2.33. The van der Waals surface area contributed by atoms with Gasteiger partial charge in [-0.1, -0.05) is 53.7 Å². The third-order valence-corrected chi connectivity index (χ3v) is 6.20. The largest absolute Gasteiger partial charge is 0.481 e. The van der Waals surface area contributed by atoms with Gasteiger partial charge in [0.15, 0.2) is 5.69 Å². The number of nitrogens with zero attached hydrogens (tertiary/aromatic N) is 2. The maximum atomic E-state index is 13.9. The van der Waals surface area contributed by atoms with E-state index >= 15 is 0 Å². The third-order valence-electron chi connectivity index (χ3n) is 6.20. The third kappa shape index (κ3) is 4.09. The van der Waals surface area contributed by atoms with Crippen LogP contribution in [0.3, 0.4) is 0 Å². The molecule has 2 aromatic carbocycles. The van der Waals surface area contributed by atoms with Crippen LogP contribution in [0.15, 0.2) is 59.1 Å². The number of carbonyl (C=O) groups excluding carboxylic acids is 2. The number of carboxylic acids is 1. The summed E-state index contributed by atoms with van der Waals surface area (Å²) < 4.78 is 38.0. The van der Waals surface area contributed by atoms with Gasteiger partial charge in [0.05, 0.1) is 6.54 Å². The van der Waals surface area contributed by atoms with Gasteiger partial charge in [-0.05, 0) is 22.3 Å². The fraction of sp³-hybridized carbons (Fsp3) is 0.250. The van der Waals surface area contributed by atoms with Gasteiger partial charge in [-0.25, -0.2) is 13.6 Å². The van der Waals surface area contributed by atoms with Crippen LogP contribution in [-0.4, -0.2) is 58.8 Å². The number of carbonyl (C=O) groups is 3. The number of halogens is 2. The molecule has 9 nitrogen and oxygen atoms in total. The van der Waals surface area contributed by atoms with Crippen molar-refractivity contribution in [3.8, 4) is 11.1 Å². The molecule has 1 aliphatic carbocycles. The number of hydrogen-bond acceptors (Lipinski definition) is 6. The van der Waals surface area contributed by atoms with E-state index in [0.717, 1.165) is 28.3 Å². The topological polar surface area (TPSA) is 122 Å². The number of aliphatic carboxylic acids is 1. The molecular formula is C24H19F2N3O6. The molecule has 0 radical (unpaired) electrons. The van der Waals surface area contributed by atoms with Gasteiger partial charge in [0.1, 0.15) is 12.5 Å². The standard InChI is InChI=1S/C24H19F2N3O6/c25-24(26)12-29(10-18(24)22(31)32)21(30)19-9-20(35-28-19)27-23(33)34-11-17-15-7-3-1-5-13(15)14-6-2-4-8-16(14)17/h1-9,17-18H,10-12H2,(H,27,33)(H,31,32). The lowest BCUT2D eigenvalue weighted by Gasteiger charge is -2.14. The Morgan fingerprint density at radius 1 is 1.11 bits per heavy atom. The Hall–Kier alpha value is -4.28. The van der Waals surface area contributed by atoms with Gasteiger partial charge < -0.3 is 19.3 Å². The molecule has 2 heterocycles. The van der Waals surface area contributed by atoms with E-state index in [2.05, 4.69) is 10.5 Å². The molecule has 11 heteroatoms. The average molecular weight is 483 g/mol. The summed E-state index contributed by atoms with van der Waals surface area (Å²) in [5.74, 6) is -8.56. The van der Waals surface area contributed by atoms with E-state index in [4.69, 9.17) is 14.4 Å². The van der Waals surface area contributed by atoms with E-state index in [1.165, 1.54) is 0 Å². The predicted octanol–water partition coefficient (Wildman–Crippen LogP) is 3.83. The summed E-state index contributed by atoms with van der Waals surface area (Å²) in [5, 5.41) is 14.8. The summed E-state index contributed by atoms with van der Waals surface area (Å²) in [7, 11) is 0. The highest BCUT2D eigenvalue weighted by atomic mass is 19.3. The molecule has 1 aromatic heterocycles. The normalized spacial score (nSPS) is 18.1. The lowest BCUT2D eigenvalue weighted by molar-refractivity contribution is -0.151. The number of rotatable bonds is 5. The molecule has 1 unspecified atom stereocenters. The summed E-state index contributed by atoms with van der Waals surface area (Å²) in [5.41, 5.74) is 3.88. The second-order valence-electron chi connectivity index (χ2n) is 8.36. The first-order valence-corrected chi connectivity index (χ1v) is 10.7. The molecule has 1 saturated heterocycles. The Morgan fingerprint density at radius 3 is 2.34 bits per heavy atom. The predicted molar refractivity (Wildman–Crippen MR) is 117 cm³/mol. The molecule has 2 aliphatic rings. The Balaban J connectivity index is 1.21. The molecule has 1 aliphatic heterocycles. The number of benzene rings is 2. The number of hydrogen-bond donors (Lipinski definition) is 2. The molecule has 1 atom stereocenters. The maximum Gasteiger partial charge on any atom is 0.414 e. The summed E-state index contributed by atoms with van der Waals surface area (Å²) in [6.45, 7) is -1.66. The smallest absolute Gasteiger partial charge is 0.414 e. The highest BCUT2D eigenvalue weighted by molar-refractivity contribution is 5.94. The van der Waals surface area contributed by atoms with Crippen LogP contribution in [0.2, 0.25) is 0 Å². The Morgan fingerprint density at radius 2 is 1.74 bits per heavy atom. The minimum atomic E-state index is -3.56. The minimum absolute atomic E-state index is 0.0548. The molecule has 1 fully saturated rings. The molecule has 2 amide bonds. The molecule has 180 valence electrons.